The van der Waals surface area contributed by atoms with Crippen LogP contribution in [-0.4, -0.2) is 36.5 Å². The number of nitrogens with zero attached hydrogens (tertiary/aromatic N) is 1. The molecule has 0 bridgehead atoms. The molecule has 0 saturated carbocycles. The predicted octanol–water partition coefficient (Wildman–Crippen LogP) is 2.39. The molecule has 1 aromatic carbocycles. The topological polar surface area (TPSA) is 80.4 Å². The molecule has 0 aliphatic carbocycles. The molecule has 1 heterocycles. The molecule has 0 saturated heterocycles. The molecule has 0 fully saturated rings. The molecule has 1 aromatic heterocycles. The van der Waals surface area contributed by atoms with Gasteiger partial charge in [0, 0.05) is 35.5 Å². The molecule has 20 heavy (non-hydrogen) atoms. The maximum Gasteiger partial charge on any atom is 0.0954 e. The van der Waals surface area contributed by atoms with E-state index in [1.165, 1.54) is 0 Å². The van der Waals surface area contributed by atoms with E-state index in [4.69, 9.17) is 15.6 Å². The van der Waals surface area contributed by atoms with Crippen LogP contribution in [0, 0.1) is 0 Å². The minimum absolute atomic E-state index is 0.0299. The Morgan fingerprint density at radius 1 is 1.50 bits per heavy atom. The van der Waals surface area contributed by atoms with Gasteiger partial charge in [-0.2, -0.15) is 0 Å². The summed E-state index contributed by atoms with van der Waals surface area (Å²) in [6.07, 6.45) is 2.35. The average molecular weight is 340 g/mol. The normalized spacial score (nSPS) is 12.6. The van der Waals surface area contributed by atoms with Crippen molar-refractivity contribution in [2.45, 2.75) is 12.5 Å². The summed E-state index contributed by atoms with van der Waals surface area (Å²) >= 11 is 3.40. The van der Waals surface area contributed by atoms with Gasteiger partial charge >= 0.3 is 0 Å². The number of methoxy groups -OCH3 is 1. The Bertz CT molecular complexity index is 586. The zero-order chi connectivity index (χ0) is 14.5. The highest BCUT2D eigenvalue weighted by atomic mass is 79.9. The molecule has 0 amide bonds. The van der Waals surface area contributed by atoms with E-state index in [9.17, 15) is 0 Å². The first-order valence-corrected chi connectivity index (χ1v) is 7.15. The Balaban J connectivity index is 2.36. The van der Waals surface area contributed by atoms with E-state index in [1.54, 1.807) is 13.3 Å². The van der Waals surface area contributed by atoms with Gasteiger partial charge in [0.05, 0.1) is 23.9 Å². The minimum Gasteiger partial charge on any atom is -0.398 e. The molecule has 4 N–H and O–H groups in total. The number of aliphatic hydroxyl groups is 1. The number of nitrogens with one attached hydrogen (secondary N) is 1. The zero-order valence-electron chi connectivity index (χ0n) is 11.3. The second-order valence-electron chi connectivity index (χ2n) is 4.56. The lowest BCUT2D eigenvalue weighted by molar-refractivity contribution is 0.170. The fourth-order valence-electron chi connectivity index (χ4n) is 2.11. The smallest absolute Gasteiger partial charge is 0.0954 e. The molecule has 1 atom stereocenters. The number of fused-ring (bicyclic) bond motifs is 1. The lowest BCUT2D eigenvalue weighted by Crippen LogP contribution is -2.26. The number of aromatic nitrogens is 1. The number of pyridine rings is 1. The van der Waals surface area contributed by atoms with Crippen molar-refractivity contribution in [1.29, 1.82) is 0 Å². The monoisotopic (exact) mass is 339 g/mol. The molecule has 0 spiro atoms. The number of nitrogens with two attached hydrogens (primary N) is 1. The van der Waals surface area contributed by atoms with Crippen molar-refractivity contribution in [3.8, 4) is 0 Å². The Morgan fingerprint density at radius 3 is 3.00 bits per heavy atom. The molecule has 2 aromatic rings. The van der Waals surface area contributed by atoms with Crippen LogP contribution in [0.3, 0.4) is 0 Å². The molecule has 0 aliphatic rings. The zero-order valence-corrected chi connectivity index (χ0v) is 12.9. The summed E-state index contributed by atoms with van der Waals surface area (Å²) in [5.74, 6) is 0. The van der Waals surface area contributed by atoms with Gasteiger partial charge in [-0.05, 0) is 40.5 Å². The molecule has 108 valence electrons. The number of aliphatic hydroxyl groups excluding tert-OH is 1. The number of halogens is 1. The van der Waals surface area contributed by atoms with Crippen molar-refractivity contribution < 1.29 is 9.84 Å². The van der Waals surface area contributed by atoms with E-state index in [-0.39, 0.29) is 12.6 Å². The lowest BCUT2D eigenvalue weighted by atomic mass is 10.1. The second-order valence-corrected chi connectivity index (χ2v) is 5.48. The molecule has 1 unspecified atom stereocenters. The molecular weight excluding hydrogens is 322 g/mol. The maximum absolute atomic E-state index is 9.10. The SMILES string of the molecule is COCC(CCO)Nc1ccc(N)c2cc(Br)cnc12. The van der Waals surface area contributed by atoms with Gasteiger partial charge in [-0.1, -0.05) is 0 Å². The third kappa shape index (κ3) is 3.39. The quantitative estimate of drug-likeness (QED) is 0.704. The van der Waals surface area contributed by atoms with Crippen molar-refractivity contribution >= 4 is 38.2 Å². The third-order valence-corrected chi connectivity index (χ3v) is 3.49. The molecule has 0 radical (unpaired) electrons. The maximum atomic E-state index is 9.10. The summed E-state index contributed by atoms with van der Waals surface area (Å²) < 4.78 is 6.04. The van der Waals surface area contributed by atoms with Crippen LogP contribution in [-0.2, 0) is 4.74 Å². The summed E-state index contributed by atoms with van der Waals surface area (Å²) in [7, 11) is 1.64. The summed E-state index contributed by atoms with van der Waals surface area (Å²) in [4.78, 5) is 4.42. The van der Waals surface area contributed by atoms with Gasteiger partial charge in [0.25, 0.3) is 0 Å². The van der Waals surface area contributed by atoms with E-state index in [2.05, 4.69) is 26.2 Å². The van der Waals surface area contributed by atoms with Gasteiger partial charge in [0.1, 0.15) is 0 Å². The van der Waals surface area contributed by atoms with Gasteiger partial charge in [-0.25, -0.2) is 0 Å². The van der Waals surface area contributed by atoms with E-state index in [0.717, 1.165) is 21.1 Å². The van der Waals surface area contributed by atoms with Crippen molar-refractivity contribution in [1.82, 2.24) is 4.98 Å². The molecule has 6 heteroatoms. The number of rotatable bonds is 6. The van der Waals surface area contributed by atoms with Crippen LogP contribution in [0.15, 0.2) is 28.9 Å². The van der Waals surface area contributed by atoms with Crippen molar-refractivity contribution in [2.24, 2.45) is 0 Å². The first kappa shape index (κ1) is 15.0. The largest absolute Gasteiger partial charge is 0.398 e. The summed E-state index contributed by atoms with van der Waals surface area (Å²) in [5, 5.41) is 13.3. The first-order valence-electron chi connectivity index (χ1n) is 6.35. The fraction of sp³-hybridized carbons (Fsp3) is 0.357. The summed E-state index contributed by atoms with van der Waals surface area (Å²) in [6.45, 7) is 0.621. The van der Waals surface area contributed by atoms with Gasteiger partial charge in [0.15, 0.2) is 0 Å². The van der Waals surface area contributed by atoms with Crippen molar-refractivity contribution in [3.05, 3.63) is 28.9 Å². The van der Waals surface area contributed by atoms with Gasteiger partial charge in [0.2, 0.25) is 0 Å². The fourth-order valence-corrected chi connectivity index (χ4v) is 2.44. The summed E-state index contributed by atoms with van der Waals surface area (Å²) in [5.41, 5.74) is 8.37. The van der Waals surface area contributed by atoms with Gasteiger partial charge in [-0.15, -0.1) is 0 Å². The highest BCUT2D eigenvalue weighted by Gasteiger charge is 2.12. The van der Waals surface area contributed by atoms with Crippen LogP contribution in [0.2, 0.25) is 0 Å². The van der Waals surface area contributed by atoms with Crippen molar-refractivity contribution in [3.63, 3.8) is 0 Å². The van der Waals surface area contributed by atoms with Gasteiger partial charge < -0.3 is 20.9 Å². The molecule has 5 nitrogen and oxygen atoms in total. The Morgan fingerprint density at radius 2 is 2.30 bits per heavy atom. The Hall–Kier alpha value is -1.37. The van der Waals surface area contributed by atoms with Crippen LogP contribution in [0.5, 0.6) is 0 Å². The lowest BCUT2D eigenvalue weighted by Gasteiger charge is -2.19. The van der Waals surface area contributed by atoms with Crippen LogP contribution >= 0.6 is 15.9 Å². The van der Waals surface area contributed by atoms with Crippen LogP contribution in [0.4, 0.5) is 11.4 Å². The van der Waals surface area contributed by atoms with Crippen molar-refractivity contribution in [2.75, 3.05) is 31.4 Å². The highest BCUT2D eigenvalue weighted by molar-refractivity contribution is 9.10. The number of anilines is 2. The summed E-state index contributed by atoms with van der Waals surface area (Å²) in [6, 6.07) is 5.72. The van der Waals surface area contributed by atoms with Crippen LogP contribution in [0.1, 0.15) is 6.42 Å². The number of hydrogen-bond acceptors (Lipinski definition) is 5. The Labute approximate surface area is 126 Å². The van der Waals surface area contributed by atoms with E-state index >= 15 is 0 Å². The highest BCUT2D eigenvalue weighted by Crippen LogP contribution is 2.29. The van der Waals surface area contributed by atoms with Crippen LogP contribution in [0.25, 0.3) is 10.9 Å². The number of benzene rings is 1. The van der Waals surface area contributed by atoms with Crippen LogP contribution < -0.4 is 11.1 Å². The molecular formula is C14H18BrN3O2. The average Bonchev–Trinajstić information content (AvgIpc) is 2.43. The first-order chi connectivity index (χ1) is 9.65. The standard InChI is InChI=1S/C14H18BrN3O2/c1-20-8-10(4-5-19)18-13-3-2-12(16)11-6-9(15)7-17-14(11)13/h2-3,6-7,10,18-19H,4-5,8,16H2,1H3. The van der Waals surface area contributed by atoms with E-state index < -0.39 is 0 Å². The number of ether oxygens (including phenoxy) is 1. The predicted molar refractivity (Wildman–Crippen MR) is 84.8 cm³/mol. The third-order valence-electron chi connectivity index (χ3n) is 3.06. The Kier molecular flexibility index (Phi) is 5.17. The minimum atomic E-state index is 0.0299. The second kappa shape index (κ2) is 6.88. The van der Waals surface area contributed by atoms with Gasteiger partial charge in [-0.3, -0.25) is 4.98 Å². The number of nitrogen functional groups attached to an aromatic ring is 1. The number of hydrogen-bond donors (Lipinski definition) is 3. The van der Waals surface area contributed by atoms with E-state index in [1.807, 2.05) is 18.2 Å². The molecule has 2 rings (SSSR count). The molecule has 0 aliphatic heterocycles. The van der Waals surface area contributed by atoms with E-state index in [0.29, 0.717) is 18.7 Å².